The lowest BCUT2D eigenvalue weighted by molar-refractivity contribution is 0.0748. The molecule has 1 aliphatic rings. The Morgan fingerprint density at radius 1 is 1.12 bits per heavy atom. The van der Waals surface area contributed by atoms with Gasteiger partial charge in [-0.3, -0.25) is 4.79 Å². The lowest BCUT2D eigenvalue weighted by atomic mass is 10.1. The van der Waals surface area contributed by atoms with E-state index in [1.807, 2.05) is 36.4 Å². The molecule has 2 aromatic carbocycles. The number of carbonyl (C=O) groups excluding carboxylic acids is 1. The number of fused-ring (bicyclic) bond motifs is 1. The second-order valence-corrected chi connectivity index (χ2v) is 5.89. The average Bonchev–Trinajstić information content (AvgIpc) is 3.26. The number of benzene rings is 2. The number of carbonyl (C=O) groups is 1. The molecule has 0 aliphatic carbocycles. The lowest BCUT2D eigenvalue weighted by Crippen LogP contribution is -2.23. The number of hydrogen-bond donors (Lipinski definition) is 0. The van der Waals surface area contributed by atoms with Gasteiger partial charge in [0.2, 0.25) is 11.7 Å². The number of methoxy groups -OCH3 is 1. The van der Waals surface area contributed by atoms with Crippen LogP contribution in [0.5, 0.6) is 11.5 Å². The van der Waals surface area contributed by atoms with Gasteiger partial charge in [0.15, 0.2) is 6.61 Å². The van der Waals surface area contributed by atoms with Crippen LogP contribution in [0.2, 0.25) is 0 Å². The summed E-state index contributed by atoms with van der Waals surface area (Å²) in [5, 5.41) is 3.91. The maximum atomic E-state index is 12.4. The molecule has 0 radical (unpaired) electrons. The van der Waals surface area contributed by atoms with Crippen molar-refractivity contribution in [2.45, 2.75) is 19.7 Å². The highest BCUT2D eigenvalue weighted by Crippen LogP contribution is 2.24. The second-order valence-electron chi connectivity index (χ2n) is 5.89. The average molecular weight is 351 g/mol. The molecule has 3 aromatic rings. The minimum Gasteiger partial charge on any atom is -0.497 e. The summed E-state index contributed by atoms with van der Waals surface area (Å²) >= 11 is 0. The first-order valence-electron chi connectivity index (χ1n) is 8.18. The fourth-order valence-corrected chi connectivity index (χ4v) is 2.84. The van der Waals surface area contributed by atoms with Crippen LogP contribution < -0.4 is 9.47 Å². The van der Waals surface area contributed by atoms with Gasteiger partial charge in [-0.05, 0) is 35.9 Å². The van der Waals surface area contributed by atoms with Crippen molar-refractivity contribution in [3.8, 4) is 11.5 Å². The third kappa shape index (κ3) is 3.23. The fourth-order valence-electron chi connectivity index (χ4n) is 2.84. The number of ether oxygens (including phenoxy) is 2. The minimum absolute atomic E-state index is 0.0187. The molecule has 0 saturated carbocycles. The van der Waals surface area contributed by atoms with E-state index in [4.69, 9.17) is 14.0 Å². The quantitative estimate of drug-likeness (QED) is 0.680. The van der Waals surface area contributed by atoms with Gasteiger partial charge in [0.1, 0.15) is 18.0 Å². The van der Waals surface area contributed by atoms with Crippen molar-refractivity contribution in [2.75, 3.05) is 7.11 Å². The zero-order valence-electron chi connectivity index (χ0n) is 14.2. The molecule has 7 nitrogen and oxygen atoms in total. The van der Waals surface area contributed by atoms with E-state index in [1.54, 1.807) is 24.1 Å². The highest BCUT2D eigenvalue weighted by Gasteiger charge is 2.28. The Kier molecular flexibility index (Phi) is 4.27. The van der Waals surface area contributed by atoms with E-state index in [2.05, 4.69) is 10.1 Å². The van der Waals surface area contributed by atoms with E-state index >= 15 is 0 Å². The molecule has 2 heterocycles. The van der Waals surface area contributed by atoms with Gasteiger partial charge in [-0.15, -0.1) is 0 Å². The number of amides is 1. The molecule has 0 saturated heterocycles. The third-order valence-corrected chi connectivity index (χ3v) is 4.16. The highest BCUT2D eigenvalue weighted by atomic mass is 16.5. The van der Waals surface area contributed by atoms with Gasteiger partial charge in [-0.2, -0.15) is 4.98 Å². The van der Waals surface area contributed by atoms with Crippen LogP contribution in [-0.2, 0) is 19.7 Å². The van der Waals surface area contributed by atoms with Crippen LogP contribution in [0.1, 0.15) is 27.6 Å². The molecular formula is C19H17N3O4. The van der Waals surface area contributed by atoms with E-state index < -0.39 is 0 Å². The van der Waals surface area contributed by atoms with Gasteiger partial charge in [-0.25, -0.2) is 0 Å². The van der Waals surface area contributed by atoms with Crippen molar-refractivity contribution in [3.63, 3.8) is 0 Å². The first kappa shape index (κ1) is 16.1. The van der Waals surface area contributed by atoms with E-state index in [-0.39, 0.29) is 19.1 Å². The van der Waals surface area contributed by atoms with Gasteiger partial charge in [0.05, 0.1) is 7.11 Å². The third-order valence-electron chi connectivity index (χ3n) is 4.16. The summed E-state index contributed by atoms with van der Waals surface area (Å²) in [6.45, 7) is 1.02. The van der Waals surface area contributed by atoms with Crippen molar-refractivity contribution >= 4 is 5.91 Å². The number of hydrogen-bond acceptors (Lipinski definition) is 6. The molecule has 132 valence electrons. The molecule has 0 spiro atoms. The molecular weight excluding hydrogens is 334 g/mol. The normalized spacial score (nSPS) is 13.0. The Hall–Kier alpha value is -3.35. The molecule has 4 rings (SSSR count). The van der Waals surface area contributed by atoms with Crippen LogP contribution >= 0.6 is 0 Å². The van der Waals surface area contributed by atoms with Crippen molar-refractivity contribution in [2.24, 2.45) is 0 Å². The molecule has 7 heteroatoms. The van der Waals surface area contributed by atoms with Crippen molar-refractivity contribution in [1.29, 1.82) is 0 Å². The summed E-state index contributed by atoms with van der Waals surface area (Å²) in [6, 6.07) is 14.8. The number of nitrogens with zero attached hydrogens (tertiary/aromatic N) is 3. The summed E-state index contributed by atoms with van der Waals surface area (Å²) < 4.78 is 16.0. The van der Waals surface area contributed by atoms with E-state index in [9.17, 15) is 4.79 Å². The second kappa shape index (κ2) is 6.87. The Balaban J connectivity index is 1.35. The molecule has 1 aliphatic heterocycles. The topological polar surface area (TPSA) is 77.7 Å². The Morgan fingerprint density at radius 3 is 2.65 bits per heavy atom. The first-order chi connectivity index (χ1) is 12.7. The molecule has 0 atom stereocenters. The first-order valence-corrected chi connectivity index (χ1v) is 8.18. The molecule has 0 bridgehead atoms. The van der Waals surface area contributed by atoms with Crippen LogP contribution in [0.3, 0.4) is 0 Å². The fraction of sp³-hybridized carbons (Fsp3) is 0.211. The van der Waals surface area contributed by atoms with Gasteiger partial charge in [-0.1, -0.05) is 23.4 Å². The summed E-state index contributed by atoms with van der Waals surface area (Å²) in [5.41, 5.74) is 1.75. The summed E-state index contributed by atoms with van der Waals surface area (Å²) in [7, 11) is 1.61. The highest BCUT2D eigenvalue weighted by molar-refractivity contribution is 5.98. The molecule has 0 N–H and O–H groups in total. The number of rotatable bonds is 6. The molecule has 1 amide bonds. The molecule has 0 unspecified atom stereocenters. The van der Waals surface area contributed by atoms with E-state index in [0.717, 1.165) is 16.9 Å². The van der Waals surface area contributed by atoms with Crippen LogP contribution in [0, 0.1) is 0 Å². The van der Waals surface area contributed by atoms with Gasteiger partial charge in [0, 0.05) is 12.1 Å². The van der Waals surface area contributed by atoms with Crippen molar-refractivity contribution in [1.82, 2.24) is 15.0 Å². The lowest BCUT2D eigenvalue weighted by Gasteiger charge is -2.11. The summed E-state index contributed by atoms with van der Waals surface area (Å²) in [5.74, 6) is 2.24. The minimum atomic E-state index is -0.0187. The predicted octanol–water partition coefficient (Wildman–Crippen LogP) is 2.81. The predicted molar refractivity (Wildman–Crippen MR) is 91.6 cm³/mol. The van der Waals surface area contributed by atoms with Crippen molar-refractivity contribution in [3.05, 3.63) is 71.4 Å². The van der Waals surface area contributed by atoms with Gasteiger partial charge in [0.25, 0.3) is 5.91 Å². The monoisotopic (exact) mass is 351 g/mol. The molecule has 1 aromatic heterocycles. The Bertz CT molecular complexity index is 921. The largest absolute Gasteiger partial charge is 0.497 e. The molecule has 26 heavy (non-hydrogen) atoms. The van der Waals surface area contributed by atoms with E-state index in [1.165, 1.54) is 0 Å². The Morgan fingerprint density at radius 2 is 1.88 bits per heavy atom. The van der Waals surface area contributed by atoms with Crippen LogP contribution in [-0.4, -0.2) is 28.1 Å². The number of aromatic nitrogens is 2. The SMILES string of the molecule is COc1ccc(OCc2noc(CN3Cc4ccccc4C3=O)n2)cc1. The zero-order valence-corrected chi connectivity index (χ0v) is 14.2. The maximum Gasteiger partial charge on any atom is 0.254 e. The van der Waals surface area contributed by atoms with Crippen LogP contribution in [0.15, 0.2) is 53.1 Å². The Labute approximate surface area is 150 Å². The van der Waals surface area contributed by atoms with Crippen LogP contribution in [0.25, 0.3) is 0 Å². The maximum absolute atomic E-state index is 12.4. The van der Waals surface area contributed by atoms with Gasteiger partial charge < -0.3 is 18.9 Å². The van der Waals surface area contributed by atoms with Gasteiger partial charge >= 0.3 is 0 Å². The zero-order chi connectivity index (χ0) is 17.9. The summed E-state index contributed by atoms with van der Waals surface area (Å²) in [4.78, 5) is 18.4. The van der Waals surface area contributed by atoms with E-state index in [0.29, 0.717) is 24.0 Å². The van der Waals surface area contributed by atoms with Crippen LogP contribution in [0.4, 0.5) is 0 Å². The molecule has 0 fully saturated rings. The smallest absolute Gasteiger partial charge is 0.254 e. The van der Waals surface area contributed by atoms with Crippen molar-refractivity contribution < 1.29 is 18.8 Å². The summed E-state index contributed by atoms with van der Waals surface area (Å²) in [6.07, 6.45) is 0. The standard InChI is InChI=1S/C19H17N3O4/c1-24-14-6-8-15(9-7-14)25-12-17-20-18(26-21-17)11-22-10-13-4-2-3-5-16(13)19(22)23/h2-9H,10-12H2,1H3.